The van der Waals surface area contributed by atoms with Gasteiger partial charge in [0.1, 0.15) is 11.6 Å². The number of methoxy groups -OCH3 is 1. The Labute approximate surface area is 174 Å². The second-order valence-corrected chi connectivity index (χ2v) is 7.54. The molecular formula is C22H24ClFN2O3. The van der Waals surface area contributed by atoms with Crippen molar-refractivity contribution in [2.45, 2.75) is 38.3 Å². The van der Waals surface area contributed by atoms with Crippen molar-refractivity contribution < 1.29 is 18.7 Å². The molecule has 1 N–H and O–H groups in total. The molecule has 5 nitrogen and oxygen atoms in total. The highest BCUT2D eigenvalue weighted by Crippen LogP contribution is 2.21. The molecule has 1 aliphatic heterocycles. The third kappa shape index (κ3) is 5.70. The summed E-state index contributed by atoms with van der Waals surface area (Å²) in [5.74, 6) is 0.0206. The van der Waals surface area contributed by atoms with E-state index in [1.807, 2.05) is 24.3 Å². The Balaban J connectivity index is 1.57. The average molecular weight is 419 g/mol. The van der Waals surface area contributed by atoms with Crippen molar-refractivity contribution in [3.63, 3.8) is 0 Å². The largest absolute Gasteiger partial charge is 0.497 e. The molecule has 1 saturated heterocycles. The van der Waals surface area contributed by atoms with Gasteiger partial charge < -0.3 is 15.0 Å². The summed E-state index contributed by atoms with van der Waals surface area (Å²) in [6.45, 7) is 1.04. The van der Waals surface area contributed by atoms with Crippen molar-refractivity contribution in [3.8, 4) is 5.75 Å². The number of carbonyl (C=O) groups excluding carboxylic acids is 2. The molecule has 2 aromatic rings. The second kappa shape index (κ2) is 9.74. The number of hydrogen-bond donors (Lipinski definition) is 1. The molecular weight excluding hydrogens is 395 g/mol. The first-order chi connectivity index (χ1) is 14.0. The van der Waals surface area contributed by atoms with Gasteiger partial charge in [-0.1, -0.05) is 29.8 Å². The Hall–Kier alpha value is -2.60. The number of hydrogen-bond acceptors (Lipinski definition) is 3. The number of amides is 2. The Morgan fingerprint density at radius 3 is 2.83 bits per heavy atom. The van der Waals surface area contributed by atoms with E-state index in [1.54, 1.807) is 18.1 Å². The van der Waals surface area contributed by atoms with E-state index in [0.29, 0.717) is 32.4 Å². The summed E-state index contributed by atoms with van der Waals surface area (Å²) in [4.78, 5) is 26.7. The highest BCUT2D eigenvalue weighted by atomic mass is 35.5. The fourth-order valence-electron chi connectivity index (χ4n) is 3.48. The minimum absolute atomic E-state index is 0.0571. The minimum Gasteiger partial charge on any atom is -0.497 e. The quantitative estimate of drug-likeness (QED) is 0.777. The van der Waals surface area contributed by atoms with Crippen LogP contribution in [0.25, 0.3) is 0 Å². The number of halogens is 2. The first kappa shape index (κ1) is 21.1. The molecule has 1 fully saturated rings. The van der Waals surface area contributed by atoms with Gasteiger partial charge in [0.2, 0.25) is 11.8 Å². The second-order valence-electron chi connectivity index (χ2n) is 7.14. The maximum absolute atomic E-state index is 13.9. The molecule has 2 amide bonds. The third-order valence-corrected chi connectivity index (χ3v) is 5.43. The van der Waals surface area contributed by atoms with Crippen LogP contribution >= 0.6 is 11.6 Å². The van der Waals surface area contributed by atoms with Gasteiger partial charge in [0.15, 0.2) is 0 Å². The van der Waals surface area contributed by atoms with E-state index in [9.17, 15) is 14.0 Å². The number of ether oxygens (including phenoxy) is 1. The molecule has 0 spiro atoms. The molecule has 7 heteroatoms. The monoisotopic (exact) mass is 418 g/mol. The van der Waals surface area contributed by atoms with Crippen LogP contribution < -0.4 is 10.1 Å². The van der Waals surface area contributed by atoms with Crippen molar-refractivity contribution in [2.24, 2.45) is 0 Å². The van der Waals surface area contributed by atoms with Gasteiger partial charge in [-0.15, -0.1) is 0 Å². The molecule has 1 atom stereocenters. The zero-order chi connectivity index (χ0) is 20.8. The van der Waals surface area contributed by atoms with Crippen molar-refractivity contribution >= 4 is 23.4 Å². The molecule has 0 aromatic heterocycles. The fourth-order valence-corrected chi connectivity index (χ4v) is 3.71. The molecule has 1 heterocycles. The summed E-state index contributed by atoms with van der Waals surface area (Å²) in [6.07, 6.45) is 1.44. The minimum atomic E-state index is -0.492. The third-order valence-electron chi connectivity index (χ3n) is 5.08. The van der Waals surface area contributed by atoms with Gasteiger partial charge in [-0.3, -0.25) is 9.59 Å². The van der Waals surface area contributed by atoms with Crippen molar-refractivity contribution in [1.29, 1.82) is 0 Å². The summed E-state index contributed by atoms with van der Waals surface area (Å²) in [6, 6.07) is 11.9. The number of likely N-dealkylation sites (tertiary alicyclic amines) is 1. The van der Waals surface area contributed by atoms with Crippen molar-refractivity contribution in [1.82, 2.24) is 10.2 Å². The van der Waals surface area contributed by atoms with Gasteiger partial charge in [0.05, 0.1) is 13.5 Å². The summed E-state index contributed by atoms with van der Waals surface area (Å²) in [5.41, 5.74) is 1.19. The summed E-state index contributed by atoms with van der Waals surface area (Å²) >= 11 is 6.00. The van der Waals surface area contributed by atoms with Gasteiger partial charge in [-0.25, -0.2) is 4.39 Å². The van der Waals surface area contributed by atoms with E-state index < -0.39 is 5.82 Å². The highest BCUT2D eigenvalue weighted by molar-refractivity contribution is 6.31. The maximum Gasteiger partial charge on any atom is 0.224 e. The molecule has 0 radical (unpaired) electrons. The van der Waals surface area contributed by atoms with Crippen molar-refractivity contribution in [2.75, 3.05) is 13.7 Å². The number of benzene rings is 2. The normalized spacial score (nSPS) is 17.0. The lowest BCUT2D eigenvalue weighted by Crippen LogP contribution is -2.37. The van der Waals surface area contributed by atoms with Crippen LogP contribution in [-0.2, 0) is 22.6 Å². The standard InChI is InChI=1S/C22H24ClFN2O3/c1-29-17-5-2-4-15(12-17)14-26-11-10-16(8-9-22(26)28)25-21(27)13-18-19(23)6-3-7-20(18)24/h2-7,12,16H,8-11,13-14H2,1H3,(H,25,27). The predicted octanol–water partition coefficient (Wildman–Crippen LogP) is 3.73. The van der Waals surface area contributed by atoms with E-state index in [1.165, 1.54) is 12.1 Å². The van der Waals surface area contributed by atoms with Crippen molar-refractivity contribution in [3.05, 3.63) is 64.4 Å². The van der Waals surface area contributed by atoms with Crippen LogP contribution in [0.3, 0.4) is 0 Å². The van der Waals surface area contributed by atoms with Gasteiger partial charge in [0.25, 0.3) is 0 Å². The van der Waals surface area contributed by atoms with E-state index >= 15 is 0 Å². The van der Waals surface area contributed by atoms with Gasteiger partial charge in [0, 0.05) is 36.1 Å². The average Bonchev–Trinajstić information content (AvgIpc) is 2.87. The molecule has 3 rings (SSSR count). The molecule has 29 heavy (non-hydrogen) atoms. The van der Waals surface area contributed by atoms with Crippen LogP contribution in [-0.4, -0.2) is 36.4 Å². The molecule has 0 aliphatic carbocycles. The van der Waals surface area contributed by atoms with Crippen LogP contribution in [0.2, 0.25) is 5.02 Å². The number of nitrogens with one attached hydrogen (secondary N) is 1. The molecule has 1 unspecified atom stereocenters. The lowest BCUT2D eigenvalue weighted by Gasteiger charge is -2.21. The van der Waals surface area contributed by atoms with Gasteiger partial charge in [-0.2, -0.15) is 0 Å². The Morgan fingerprint density at radius 1 is 1.28 bits per heavy atom. The molecule has 0 bridgehead atoms. The molecule has 2 aromatic carbocycles. The zero-order valence-corrected chi connectivity index (χ0v) is 17.0. The highest BCUT2D eigenvalue weighted by Gasteiger charge is 2.24. The van der Waals surface area contributed by atoms with E-state index in [0.717, 1.165) is 11.3 Å². The summed E-state index contributed by atoms with van der Waals surface area (Å²) < 4.78 is 19.1. The topological polar surface area (TPSA) is 58.6 Å². The Kier molecular flexibility index (Phi) is 7.09. The van der Waals surface area contributed by atoms with Crippen LogP contribution in [0.4, 0.5) is 4.39 Å². The van der Waals surface area contributed by atoms with Crippen LogP contribution in [0.5, 0.6) is 5.75 Å². The SMILES string of the molecule is COc1cccc(CN2CCC(NC(=O)Cc3c(F)cccc3Cl)CCC2=O)c1. The van der Waals surface area contributed by atoms with Gasteiger partial charge >= 0.3 is 0 Å². The Morgan fingerprint density at radius 2 is 2.07 bits per heavy atom. The van der Waals surface area contributed by atoms with E-state index in [-0.39, 0.29) is 34.9 Å². The number of carbonyl (C=O) groups is 2. The molecule has 154 valence electrons. The first-order valence-electron chi connectivity index (χ1n) is 9.59. The predicted molar refractivity (Wildman–Crippen MR) is 109 cm³/mol. The van der Waals surface area contributed by atoms with E-state index in [2.05, 4.69) is 5.32 Å². The lowest BCUT2D eigenvalue weighted by molar-refractivity contribution is -0.131. The van der Waals surface area contributed by atoms with Crippen LogP contribution in [0, 0.1) is 5.82 Å². The van der Waals surface area contributed by atoms with Gasteiger partial charge in [-0.05, 0) is 42.7 Å². The van der Waals surface area contributed by atoms with E-state index in [4.69, 9.17) is 16.3 Å². The lowest BCUT2D eigenvalue weighted by atomic mass is 10.1. The summed E-state index contributed by atoms with van der Waals surface area (Å²) in [7, 11) is 1.61. The Bertz CT molecular complexity index is 870. The number of rotatable bonds is 6. The number of nitrogens with zero attached hydrogens (tertiary/aromatic N) is 1. The maximum atomic E-state index is 13.9. The molecule has 1 aliphatic rings. The smallest absolute Gasteiger partial charge is 0.224 e. The molecule has 0 saturated carbocycles. The van der Waals surface area contributed by atoms with Crippen LogP contribution in [0.1, 0.15) is 30.4 Å². The fraction of sp³-hybridized carbons (Fsp3) is 0.364. The zero-order valence-electron chi connectivity index (χ0n) is 16.3. The summed E-state index contributed by atoms with van der Waals surface area (Å²) in [5, 5.41) is 3.16. The van der Waals surface area contributed by atoms with Crippen LogP contribution in [0.15, 0.2) is 42.5 Å². The first-order valence-corrected chi connectivity index (χ1v) is 9.97.